The lowest BCUT2D eigenvalue weighted by Gasteiger charge is -2.24. The van der Waals surface area contributed by atoms with E-state index in [-0.39, 0.29) is 0 Å². The summed E-state index contributed by atoms with van der Waals surface area (Å²) in [6.07, 6.45) is 7.36. The normalized spacial score (nSPS) is 20.4. The molecule has 1 aliphatic heterocycles. The van der Waals surface area contributed by atoms with Gasteiger partial charge < -0.3 is 10.2 Å². The predicted molar refractivity (Wildman–Crippen MR) is 65.7 cm³/mol. The van der Waals surface area contributed by atoms with E-state index in [1.165, 1.54) is 18.4 Å². The second-order valence-electron chi connectivity index (χ2n) is 4.29. The average molecular weight is 220 g/mol. The lowest BCUT2D eigenvalue weighted by atomic mass is 10.2. The van der Waals surface area contributed by atoms with Crippen molar-refractivity contribution in [3.05, 3.63) is 18.0 Å². The van der Waals surface area contributed by atoms with Crippen molar-refractivity contribution in [1.29, 1.82) is 0 Å². The first-order valence-corrected chi connectivity index (χ1v) is 6.07. The molecule has 0 radical (unpaired) electrons. The van der Waals surface area contributed by atoms with E-state index in [1.54, 1.807) is 0 Å². The smallest absolute Gasteiger partial charge is 0.225 e. The van der Waals surface area contributed by atoms with Gasteiger partial charge in [-0.05, 0) is 31.9 Å². The molecule has 16 heavy (non-hydrogen) atoms. The third kappa shape index (κ3) is 2.32. The first-order chi connectivity index (χ1) is 7.85. The van der Waals surface area contributed by atoms with Crippen molar-refractivity contribution in [2.24, 2.45) is 0 Å². The van der Waals surface area contributed by atoms with Crippen LogP contribution in [-0.4, -0.2) is 36.1 Å². The number of aryl methyl sites for hydroxylation is 1. The Balaban J connectivity index is 2.09. The molecular weight excluding hydrogens is 200 g/mol. The zero-order valence-electron chi connectivity index (χ0n) is 10.1. The molecule has 0 spiro atoms. The molecule has 0 aromatic carbocycles. The minimum atomic E-state index is 0.553. The summed E-state index contributed by atoms with van der Waals surface area (Å²) in [5.41, 5.74) is 1.20. The molecule has 0 saturated carbocycles. The highest BCUT2D eigenvalue weighted by Gasteiger charge is 2.25. The van der Waals surface area contributed by atoms with Gasteiger partial charge >= 0.3 is 0 Å². The second kappa shape index (κ2) is 5.25. The van der Waals surface area contributed by atoms with Crippen LogP contribution in [-0.2, 0) is 6.42 Å². The van der Waals surface area contributed by atoms with Crippen molar-refractivity contribution in [2.45, 2.75) is 32.2 Å². The number of hydrogen-bond donors (Lipinski definition) is 1. The van der Waals surface area contributed by atoms with Gasteiger partial charge in [0.25, 0.3) is 0 Å². The fourth-order valence-electron chi connectivity index (χ4n) is 2.23. The minimum absolute atomic E-state index is 0.553. The Labute approximate surface area is 97.1 Å². The van der Waals surface area contributed by atoms with Crippen LogP contribution >= 0.6 is 0 Å². The van der Waals surface area contributed by atoms with E-state index in [2.05, 4.69) is 27.1 Å². The summed E-state index contributed by atoms with van der Waals surface area (Å²) >= 11 is 0. The van der Waals surface area contributed by atoms with Crippen molar-refractivity contribution in [1.82, 2.24) is 15.3 Å². The Hall–Kier alpha value is -1.16. The summed E-state index contributed by atoms with van der Waals surface area (Å²) in [5, 5.41) is 3.23. The molecule has 88 valence electrons. The van der Waals surface area contributed by atoms with E-state index >= 15 is 0 Å². The Morgan fingerprint density at radius 2 is 2.19 bits per heavy atom. The standard InChI is InChI=1S/C12H20N4/c1-3-10-7-14-12(15-8-10)16-6-4-5-11(16)9-13-2/h7-8,11,13H,3-6,9H2,1-2H3. The van der Waals surface area contributed by atoms with Crippen LogP contribution in [0.2, 0.25) is 0 Å². The van der Waals surface area contributed by atoms with Crippen LogP contribution in [0, 0.1) is 0 Å². The van der Waals surface area contributed by atoms with E-state index in [0.717, 1.165) is 25.5 Å². The number of nitrogens with one attached hydrogen (secondary N) is 1. The Kier molecular flexibility index (Phi) is 3.72. The number of likely N-dealkylation sites (N-methyl/N-ethyl adjacent to an activating group) is 1. The second-order valence-corrected chi connectivity index (χ2v) is 4.29. The van der Waals surface area contributed by atoms with E-state index in [1.807, 2.05) is 19.4 Å². The van der Waals surface area contributed by atoms with Gasteiger partial charge in [0, 0.05) is 31.5 Å². The predicted octanol–water partition coefficient (Wildman–Crippen LogP) is 1.23. The molecule has 1 unspecified atom stereocenters. The quantitative estimate of drug-likeness (QED) is 0.828. The molecule has 1 aliphatic rings. The molecule has 1 saturated heterocycles. The number of nitrogens with zero attached hydrogens (tertiary/aromatic N) is 3. The average Bonchev–Trinajstić information content (AvgIpc) is 2.78. The summed E-state index contributed by atoms with van der Waals surface area (Å²) in [4.78, 5) is 11.2. The summed E-state index contributed by atoms with van der Waals surface area (Å²) in [5.74, 6) is 0.884. The van der Waals surface area contributed by atoms with Crippen molar-refractivity contribution in [3.8, 4) is 0 Å². The Morgan fingerprint density at radius 1 is 1.44 bits per heavy atom. The molecule has 1 aromatic heterocycles. The zero-order valence-corrected chi connectivity index (χ0v) is 10.1. The number of hydrogen-bond acceptors (Lipinski definition) is 4. The topological polar surface area (TPSA) is 41.1 Å². The van der Waals surface area contributed by atoms with Crippen LogP contribution in [0.15, 0.2) is 12.4 Å². The zero-order chi connectivity index (χ0) is 11.4. The van der Waals surface area contributed by atoms with Gasteiger partial charge in [0.05, 0.1) is 0 Å². The molecule has 1 aromatic rings. The number of aromatic nitrogens is 2. The van der Waals surface area contributed by atoms with Gasteiger partial charge in [-0.1, -0.05) is 6.92 Å². The van der Waals surface area contributed by atoms with Gasteiger partial charge in [0.15, 0.2) is 0 Å². The van der Waals surface area contributed by atoms with Crippen LogP contribution in [0.3, 0.4) is 0 Å². The van der Waals surface area contributed by atoms with Crippen LogP contribution in [0.5, 0.6) is 0 Å². The monoisotopic (exact) mass is 220 g/mol. The summed E-state index contributed by atoms with van der Waals surface area (Å²) < 4.78 is 0. The van der Waals surface area contributed by atoms with Gasteiger partial charge in [-0.25, -0.2) is 9.97 Å². The van der Waals surface area contributed by atoms with Crippen molar-refractivity contribution >= 4 is 5.95 Å². The SMILES string of the molecule is CCc1cnc(N2CCCC2CNC)nc1. The van der Waals surface area contributed by atoms with Crippen LogP contribution in [0.1, 0.15) is 25.3 Å². The maximum Gasteiger partial charge on any atom is 0.225 e. The van der Waals surface area contributed by atoms with Crippen molar-refractivity contribution in [2.75, 3.05) is 25.0 Å². The number of anilines is 1. The maximum absolute atomic E-state index is 4.45. The van der Waals surface area contributed by atoms with Gasteiger partial charge in [-0.15, -0.1) is 0 Å². The van der Waals surface area contributed by atoms with E-state index < -0.39 is 0 Å². The molecule has 1 fully saturated rings. The lowest BCUT2D eigenvalue weighted by molar-refractivity contribution is 0.607. The molecule has 2 heterocycles. The van der Waals surface area contributed by atoms with E-state index in [9.17, 15) is 0 Å². The van der Waals surface area contributed by atoms with Crippen molar-refractivity contribution in [3.63, 3.8) is 0 Å². The largest absolute Gasteiger partial charge is 0.337 e. The molecule has 4 heteroatoms. The molecule has 0 bridgehead atoms. The Bertz CT molecular complexity index is 322. The fourth-order valence-corrected chi connectivity index (χ4v) is 2.23. The van der Waals surface area contributed by atoms with Crippen LogP contribution in [0.25, 0.3) is 0 Å². The highest BCUT2D eigenvalue weighted by atomic mass is 15.3. The summed E-state index contributed by atoms with van der Waals surface area (Å²) in [7, 11) is 2.00. The molecule has 2 rings (SSSR count). The summed E-state index contributed by atoms with van der Waals surface area (Å²) in [6.45, 7) is 4.22. The van der Waals surface area contributed by atoms with Gasteiger partial charge in [-0.2, -0.15) is 0 Å². The first kappa shape index (κ1) is 11.3. The van der Waals surface area contributed by atoms with Crippen LogP contribution in [0.4, 0.5) is 5.95 Å². The fraction of sp³-hybridized carbons (Fsp3) is 0.667. The molecule has 1 atom stereocenters. The third-order valence-electron chi connectivity index (χ3n) is 3.17. The van der Waals surface area contributed by atoms with Gasteiger partial charge in [-0.3, -0.25) is 0 Å². The molecule has 1 N–H and O–H groups in total. The molecular formula is C12H20N4. The van der Waals surface area contributed by atoms with Crippen molar-refractivity contribution < 1.29 is 0 Å². The highest BCUT2D eigenvalue weighted by molar-refractivity contribution is 5.33. The highest BCUT2D eigenvalue weighted by Crippen LogP contribution is 2.21. The van der Waals surface area contributed by atoms with Gasteiger partial charge in [0.1, 0.15) is 0 Å². The minimum Gasteiger partial charge on any atom is -0.337 e. The molecule has 4 nitrogen and oxygen atoms in total. The molecule has 0 amide bonds. The van der Waals surface area contributed by atoms with E-state index in [0.29, 0.717) is 6.04 Å². The first-order valence-electron chi connectivity index (χ1n) is 6.07. The molecule has 0 aliphatic carbocycles. The van der Waals surface area contributed by atoms with Gasteiger partial charge in [0.2, 0.25) is 5.95 Å². The Morgan fingerprint density at radius 3 is 2.81 bits per heavy atom. The van der Waals surface area contributed by atoms with Crippen LogP contribution < -0.4 is 10.2 Å². The summed E-state index contributed by atoms with van der Waals surface area (Å²) in [6, 6.07) is 0.553. The number of rotatable bonds is 4. The maximum atomic E-state index is 4.45. The lowest BCUT2D eigenvalue weighted by Crippen LogP contribution is -2.37. The van der Waals surface area contributed by atoms with E-state index in [4.69, 9.17) is 0 Å². The third-order valence-corrected chi connectivity index (χ3v) is 3.17.